The summed E-state index contributed by atoms with van der Waals surface area (Å²) in [5.74, 6) is -10.7. The topological polar surface area (TPSA) is 331 Å². The van der Waals surface area contributed by atoms with Crippen LogP contribution in [0.25, 0.3) is 11.2 Å². The van der Waals surface area contributed by atoms with Crippen LogP contribution in [0.15, 0.2) is 35.3 Å². The minimum absolute atomic E-state index is 0.108. The third kappa shape index (κ3) is 12.8. The van der Waals surface area contributed by atoms with Crippen molar-refractivity contribution >= 4 is 64.2 Å². The van der Waals surface area contributed by atoms with E-state index in [2.05, 4.69) is 30.6 Å². The first-order valence-electron chi connectivity index (χ1n) is 16.8. The maximum absolute atomic E-state index is 13.6. The van der Waals surface area contributed by atoms with E-state index in [0.29, 0.717) is 19.4 Å². The molecule has 0 aliphatic rings. The zero-order valence-electron chi connectivity index (χ0n) is 29.4. The van der Waals surface area contributed by atoms with Crippen LogP contribution in [0, 0.1) is 5.92 Å². The molecule has 23 heteroatoms. The number of carboxylic acids is 3. The van der Waals surface area contributed by atoms with E-state index >= 15 is 0 Å². The maximum atomic E-state index is 13.6. The van der Waals surface area contributed by atoms with Gasteiger partial charge < -0.3 is 37.4 Å². The summed E-state index contributed by atoms with van der Waals surface area (Å²) in [6.07, 6.45) is -5.63. The van der Waals surface area contributed by atoms with Crippen molar-refractivity contribution in [3.05, 3.63) is 52.1 Å². The molecule has 0 aliphatic heterocycles. The van der Waals surface area contributed by atoms with E-state index in [1.165, 1.54) is 0 Å². The van der Waals surface area contributed by atoms with Crippen LogP contribution in [-0.4, -0.2) is 101 Å². The van der Waals surface area contributed by atoms with E-state index < -0.39 is 103 Å². The van der Waals surface area contributed by atoms with Crippen LogP contribution in [0.4, 0.5) is 24.8 Å². The van der Waals surface area contributed by atoms with Crippen LogP contribution in [0.3, 0.4) is 0 Å². The minimum Gasteiger partial charge on any atom is -0.481 e. The summed E-state index contributed by atoms with van der Waals surface area (Å²) in [5, 5.41) is 33.0. The van der Waals surface area contributed by atoms with Gasteiger partial charge in [-0.2, -0.15) is 18.2 Å². The number of nitrogens with one attached hydrogen (secondary N) is 3. The van der Waals surface area contributed by atoms with E-state index in [-0.39, 0.29) is 51.8 Å². The van der Waals surface area contributed by atoms with E-state index in [9.17, 15) is 66.8 Å². The van der Waals surface area contributed by atoms with Gasteiger partial charge >= 0.3 is 30.0 Å². The summed E-state index contributed by atoms with van der Waals surface area (Å²) in [7, 11) is 0. The second-order valence-electron chi connectivity index (χ2n) is 12.4. The predicted octanol–water partition coefficient (Wildman–Crippen LogP) is 0.493. The molecule has 0 fully saturated rings. The Bertz CT molecular complexity index is 2010. The number of rotatable bonds is 21. The molecule has 0 aliphatic carbocycles. The number of carbonyl (C=O) groups is 7. The molecule has 3 atom stereocenters. The first kappa shape index (κ1) is 43.9. The van der Waals surface area contributed by atoms with Gasteiger partial charge in [0.1, 0.15) is 17.9 Å². The Morgan fingerprint density at radius 2 is 1.50 bits per heavy atom. The number of ketones is 1. The Kier molecular flexibility index (Phi) is 15.4. The van der Waals surface area contributed by atoms with Gasteiger partial charge in [-0.25, -0.2) is 19.6 Å². The number of Topliss-reactive ketones (excluding diaryl/α,β-unsaturated/α-hetero) is 1. The number of carboxylic acid groups (broad SMARTS) is 3. The summed E-state index contributed by atoms with van der Waals surface area (Å²) in [5.41, 5.74) is 8.58. The van der Waals surface area contributed by atoms with E-state index in [1.54, 1.807) is 0 Å². The molecule has 20 nitrogen and oxygen atoms in total. The molecule has 0 radical (unpaired) electrons. The number of benzene rings is 1. The number of anilines is 2. The van der Waals surface area contributed by atoms with Crippen LogP contribution < -0.4 is 32.6 Å². The van der Waals surface area contributed by atoms with E-state index in [4.69, 9.17) is 11.5 Å². The van der Waals surface area contributed by atoms with Gasteiger partial charge in [0, 0.05) is 30.5 Å². The number of aromatic amines is 1. The van der Waals surface area contributed by atoms with Crippen molar-refractivity contribution in [1.82, 2.24) is 30.6 Å². The highest BCUT2D eigenvalue weighted by Crippen LogP contribution is 2.26. The SMILES string of the molecule is NCCCC[C@H](NC(=O)CC[C@@H](CC(=O)CC[C@@H](NC(=O)c1ccc(N(Cc2cnc3nc(N)[nH]c(=O)c3n2)C(=O)C(F)(F)F)cc1)C(=O)O)C(=O)O)C(=O)O. The van der Waals surface area contributed by atoms with Crippen molar-refractivity contribution < 1.29 is 62.1 Å². The van der Waals surface area contributed by atoms with Crippen molar-refractivity contribution in [2.75, 3.05) is 17.2 Å². The number of alkyl halides is 3. The molecule has 0 unspecified atom stereocenters. The number of unbranched alkanes of at least 4 members (excludes halogenated alkanes) is 1. The highest BCUT2D eigenvalue weighted by molar-refractivity contribution is 5.99. The molecule has 0 spiro atoms. The average Bonchev–Trinajstić information content (AvgIpc) is 3.12. The lowest BCUT2D eigenvalue weighted by molar-refractivity contribution is -0.170. The van der Waals surface area contributed by atoms with Crippen molar-refractivity contribution in [3.8, 4) is 0 Å². The van der Waals surface area contributed by atoms with Gasteiger partial charge in [0.2, 0.25) is 11.9 Å². The Morgan fingerprint density at radius 3 is 2.09 bits per heavy atom. The first-order valence-corrected chi connectivity index (χ1v) is 16.8. The molecule has 0 bridgehead atoms. The fraction of sp³-hybridized carbons (Fsp3) is 0.424. The minimum atomic E-state index is -5.37. The molecule has 0 saturated carbocycles. The number of hydrogen-bond donors (Lipinski definition) is 8. The van der Waals surface area contributed by atoms with Crippen molar-refractivity contribution in [2.45, 2.75) is 76.2 Å². The summed E-state index contributed by atoms with van der Waals surface area (Å²) >= 11 is 0. The number of nitrogens with zero attached hydrogens (tertiary/aromatic N) is 4. The number of amides is 3. The van der Waals surface area contributed by atoms with Crippen molar-refractivity contribution in [2.24, 2.45) is 11.7 Å². The third-order valence-corrected chi connectivity index (χ3v) is 8.17. The number of hydrogen-bond acceptors (Lipinski definition) is 13. The van der Waals surface area contributed by atoms with Gasteiger partial charge in [0.15, 0.2) is 11.2 Å². The standard InChI is InChI=1S/C33H38F3N9O11/c34-33(35,36)31(56)45(15-18-14-39-25-24(40-18)27(49)44-32(38)43-25)19-7-4-16(5-8-19)26(48)42-22(30(54)55)10-9-20(46)13-17(28(50)51)6-11-23(47)41-21(29(52)53)3-1-2-12-37/h4-5,7-8,14,17,21-22H,1-3,6,9-13,15,37H2,(H,41,47)(H,42,48)(H,50,51)(H,52,53)(H,54,55)(H3,38,39,43,44,49)/t17-,21-,22+/m0/s1. The summed E-state index contributed by atoms with van der Waals surface area (Å²) < 4.78 is 40.7. The Hall–Kier alpha value is -6.52. The second kappa shape index (κ2) is 19.7. The monoisotopic (exact) mass is 793 g/mol. The third-order valence-electron chi connectivity index (χ3n) is 8.17. The Labute approximate surface area is 313 Å². The first-order chi connectivity index (χ1) is 26.3. The number of nitrogens with two attached hydrogens (primary N) is 2. The van der Waals surface area contributed by atoms with Crippen LogP contribution in [0.5, 0.6) is 0 Å². The van der Waals surface area contributed by atoms with Gasteiger partial charge in [-0.3, -0.25) is 38.7 Å². The highest BCUT2D eigenvalue weighted by Gasteiger charge is 2.43. The fourth-order valence-electron chi connectivity index (χ4n) is 5.25. The number of aromatic nitrogens is 4. The summed E-state index contributed by atoms with van der Waals surface area (Å²) in [6.45, 7) is -0.501. The smallest absolute Gasteiger partial charge is 0.471 e. The zero-order valence-corrected chi connectivity index (χ0v) is 29.4. The van der Waals surface area contributed by atoms with Gasteiger partial charge in [0.25, 0.3) is 11.5 Å². The highest BCUT2D eigenvalue weighted by atomic mass is 19.4. The number of halogens is 3. The Balaban J connectivity index is 1.64. The lowest BCUT2D eigenvalue weighted by Gasteiger charge is -2.24. The number of H-pyrrole nitrogens is 1. The van der Waals surface area contributed by atoms with Crippen LogP contribution >= 0.6 is 0 Å². The summed E-state index contributed by atoms with van der Waals surface area (Å²) in [4.78, 5) is 112. The molecular formula is C33H38F3N9O11. The molecule has 3 aromatic rings. The molecule has 10 N–H and O–H groups in total. The van der Waals surface area contributed by atoms with Gasteiger partial charge in [0.05, 0.1) is 24.4 Å². The molecule has 1 aromatic carbocycles. The van der Waals surface area contributed by atoms with Gasteiger partial charge in [-0.15, -0.1) is 0 Å². The number of aliphatic carboxylic acids is 3. The predicted molar refractivity (Wildman–Crippen MR) is 187 cm³/mol. The number of carbonyl (C=O) groups excluding carboxylic acids is 4. The average molecular weight is 794 g/mol. The van der Waals surface area contributed by atoms with Crippen molar-refractivity contribution in [3.63, 3.8) is 0 Å². The maximum Gasteiger partial charge on any atom is 0.471 e. The summed E-state index contributed by atoms with van der Waals surface area (Å²) in [6, 6.07) is 1.06. The molecule has 0 saturated heterocycles. The lowest BCUT2D eigenvalue weighted by Crippen LogP contribution is -2.42. The second-order valence-corrected chi connectivity index (χ2v) is 12.4. The lowest BCUT2D eigenvalue weighted by atomic mass is 9.94. The van der Waals surface area contributed by atoms with Crippen LogP contribution in [0.2, 0.25) is 0 Å². The molecule has 3 rings (SSSR count). The zero-order chi connectivity index (χ0) is 41.7. The molecule has 56 heavy (non-hydrogen) atoms. The Morgan fingerprint density at radius 1 is 0.857 bits per heavy atom. The van der Waals surface area contributed by atoms with Crippen LogP contribution in [-0.2, 0) is 35.3 Å². The molecule has 2 heterocycles. The molecule has 3 amide bonds. The molecule has 302 valence electrons. The van der Waals surface area contributed by atoms with Gasteiger partial charge in [-0.1, -0.05) is 0 Å². The number of fused-ring (bicyclic) bond motifs is 1. The van der Waals surface area contributed by atoms with Crippen LogP contribution in [0.1, 0.15) is 67.4 Å². The fourth-order valence-corrected chi connectivity index (χ4v) is 5.25. The quantitative estimate of drug-likeness (QED) is 0.0681. The van der Waals surface area contributed by atoms with Gasteiger partial charge in [-0.05, 0) is 62.9 Å². The largest absolute Gasteiger partial charge is 0.481 e. The molecular weight excluding hydrogens is 755 g/mol. The normalized spacial score (nSPS) is 12.9. The van der Waals surface area contributed by atoms with E-state index in [0.717, 1.165) is 30.5 Å². The number of nitrogen functional groups attached to an aromatic ring is 1. The molecule has 2 aromatic heterocycles. The van der Waals surface area contributed by atoms with Crippen molar-refractivity contribution in [1.29, 1.82) is 0 Å². The van der Waals surface area contributed by atoms with E-state index in [1.807, 2.05) is 0 Å².